The van der Waals surface area contributed by atoms with E-state index in [1.807, 2.05) is 12.1 Å². The zero-order valence-electron chi connectivity index (χ0n) is 9.84. The maximum atomic E-state index is 13.4. The summed E-state index contributed by atoms with van der Waals surface area (Å²) in [7, 11) is 0. The van der Waals surface area contributed by atoms with Gasteiger partial charge in [-0.2, -0.15) is 0 Å². The first kappa shape index (κ1) is 14.8. The molecule has 0 saturated heterocycles. The van der Waals surface area contributed by atoms with Crippen molar-refractivity contribution in [3.05, 3.63) is 67.9 Å². The fraction of sp³-hybridized carbons (Fsp3) is 0.143. The van der Waals surface area contributed by atoms with E-state index < -0.39 is 0 Å². The van der Waals surface area contributed by atoms with Crippen LogP contribution in [0.25, 0.3) is 0 Å². The van der Waals surface area contributed by atoms with Gasteiger partial charge in [0.1, 0.15) is 5.82 Å². The molecule has 0 heterocycles. The fourth-order valence-electron chi connectivity index (χ4n) is 1.86. The van der Waals surface area contributed by atoms with Crippen LogP contribution in [0.5, 0.6) is 0 Å². The average Bonchev–Trinajstić information content (AvgIpc) is 2.38. The highest BCUT2D eigenvalue weighted by Gasteiger charge is 2.15. The summed E-state index contributed by atoms with van der Waals surface area (Å²) < 4.78 is 13.9. The van der Waals surface area contributed by atoms with Crippen LogP contribution in [-0.4, -0.2) is 0 Å². The first-order valence-electron chi connectivity index (χ1n) is 5.63. The standard InChI is InChI=1S/C14H11BrCl2FN/c15-13-8(3-1-6-11(13)18)7-12(19)9-4-2-5-10(16)14(9)17/h1-6,12H,7,19H2. The minimum absolute atomic E-state index is 0.304. The summed E-state index contributed by atoms with van der Waals surface area (Å²) in [5.41, 5.74) is 7.68. The lowest BCUT2D eigenvalue weighted by Gasteiger charge is -2.15. The van der Waals surface area contributed by atoms with Crippen LogP contribution in [0.4, 0.5) is 4.39 Å². The van der Waals surface area contributed by atoms with Crippen molar-refractivity contribution in [3.8, 4) is 0 Å². The first-order chi connectivity index (χ1) is 9.00. The van der Waals surface area contributed by atoms with E-state index in [2.05, 4.69) is 15.9 Å². The molecular weight excluding hydrogens is 352 g/mol. The molecule has 0 amide bonds. The summed E-state index contributed by atoms with van der Waals surface area (Å²) in [4.78, 5) is 0. The number of halogens is 4. The molecule has 2 rings (SSSR count). The Kier molecular flexibility index (Phi) is 4.85. The Labute approximate surface area is 129 Å². The molecule has 0 radical (unpaired) electrons. The normalized spacial score (nSPS) is 12.5. The maximum Gasteiger partial charge on any atom is 0.137 e. The van der Waals surface area contributed by atoms with Gasteiger partial charge in [-0.3, -0.25) is 0 Å². The summed E-state index contributed by atoms with van der Waals surface area (Å²) in [5, 5.41) is 0.914. The van der Waals surface area contributed by atoms with Crippen LogP contribution in [-0.2, 0) is 6.42 Å². The lowest BCUT2D eigenvalue weighted by Crippen LogP contribution is -2.14. The molecule has 5 heteroatoms. The minimum Gasteiger partial charge on any atom is -0.324 e. The molecule has 1 atom stereocenters. The predicted octanol–water partition coefficient (Wildman–Crippen LogP) is 5.14. The van der Waals surface area contributed by atoms with Gasteiger partial charge in [0.05, 0.1) is 14.5 Å². The third-order valence-corrected chi connectivity index (χ3v) is 4.57. The third kappa shape index (κ3) is 3.29. The van der Waals surface area contributed by atoms with Gasteiger partial charge in [0.2, 0.25) is 0 Å². The average molecular weight is 363 g/mol. The van der Waals surface area contributed by atoms with E-state index in [-0.39, 0.29) is 11.9 Å². The smallest absolute Gasteiger partial charge is 0.137 e. The number of nitrogens with two attached hydrogens (primary N) is 1. The van der Waals surface area contributed by atoms with Crippen molar-refractivity contribution >= 4 is 39.1 Å². The minimum atomic E-state index is -0.343. The van der Waals surface area contributed by atoms with Gasteiger partial charge in [-0.15, -0.1) is 0 Å². The van der Waals surface area contributed by atoms with Gasteiger partial charge in [0.15, 0.2) is 0 Å². The Hall–Kier alpha value is -0.610. The topological polar surface area (TPSA) is 26.0 Å². The number of rotatable bonds is 3. The molecular formula is C14H11BrCl2FN. The highest BCUT2D eigenvalue weighted by atomic mass is 79.9. The molecule has 0 bridgehead atoms. The molecule has 2 aromatic rings. The van der Waals surface area contributed by atoms with Crippen molar-refractivity contribution < 1.29 is 4.39 Å². The van der Waals surface area contributed by atoms with E-state index in [0.29, 0.717) is 20.9 Å². The van der Waals surface area contributed by atoms with Gasteiger partial charge in [0, 0.05) is 6.04 Å². The Morgan fingerprint density at radius 2 is 1.84 bits per heavy atom. The predicted molar refractivity (Wildman–Crippen MR) is 81.2 cm³/mol. The SMILES string of the molecule is NC(Cc1cccc(F)c1Br)c1cccc(Cl)c1Cl. The summed E-state index contributed by atoms with van der Waals surface area (Å²) in [6.07, 6.45) is 0.471. The summed E-state index contributed by atoms with van der Waals surface area (Å²) >= 11 is 15.3. The van der Waals surface area contributed by atoms with Gasteiger partial charge >= 0.3 is 0 Å². The van der Waals surface area contributed by atoms with E-state index >= 15 is 0 Å². The Morgan fingerprint density at radius 3 is 2.58 bits per heavy atom. The quantitative estimate of drug-likeness (QED) is 0.803. The lowest BCUT2D eigenvalue weighted by molar-refractivity contribution is 0.614. The van der Waals surface area contributed by atoms with Gasteiger partial charge < -0.3 is 5.73 Å². The molecule has 0 aliphatic carbocycles. The van der Waals surface area contributed by atoms with Crippen LogP contribution in [0.1, 0.15) is 17.2 Å². The third-order valence-electron chi connectivity index (χ3n) is 2.85. The largest absolute Gasteiger partial charge is 0.324 e. The molecule has 1 nitrogen and oxygen atoms in total. The second-order valence-corrected chi connectivity index (χ2v) is 5.74. The van der Waals surface area contributed by atoms with Crippen LogP contribution in [0, 0.1) is 5.82 Å². The van der Waals surface area contributed by atoms with Gasteiger partial charge in [0.25, 0.3) is 0 Å². The molecule has 100 valence electrons. The maximum absolute atomic E-state index is 13.4. The van der Waals surface area contributed by atoms with Gasteiger partial charge in [-0.05, 0) is 45.6 Å². The number of benzene rings is 2. The Morgan fingerprint density at radius 1 is 1.16 bits per heavy atom. The summed E-state index contributed by atoms with van der Waals surface area (Å²) in [6.45, 7) is 0. The molecule has 0 saturated carbocycles. The second kappa shape index (κ2) is 6.23. The molecule has 0 aliphatic heterocycles. The monoisotopic (exact) mass is 361 g/mol. The van der Waals surface area contributed by atoms with Crippen molar-refractivity contribution in [2.24, 2.45) is 5.73 Å². The van der Waals surface area contributed by atoms with Crippen LogP contribution >= 0.6 is 39.1 Å². The molecule has 0 spiro atoms. The van der Waals surface area contributed by atoms with E-state index in [1.165, 1.54) is 6.07 Å². The second-order valence-electron chi connectivity index (χ2n) is 4.17. The Balaban J connectivity index is 2.28. The number of hydrogen-bond donors (Lipinski definition) is 1. The molecule has 0 aromatic heterocycles. The molecule has 2 N–H and O–H groups in total. The Bertz CT molecular complexity index is 604. The molecule has 1 unspecified atom stereocenters. The highest BCUT2D eigenvalue weighted by Crippen LogP contribution is 2.32. The van der Waals surface area contributed by atoms with Crippen LogP contribution in [0.3, 0.4) is 0 Å². The van der Waals surface area contributed by atoms with Crippen molar-refractivity contribution in [1.29, 1.82) is 0 Å². The molecule has 0 aliphatic rings. The lowest BCUT2D eigenvalue weighted by atomic mass is 9.99. The van der Waals surface area contributed by atoms with Crippen molar-refractivity contribution in [2.45, 2.75) is 12.5 Å². The molecule has 0 fully saturated rings. The van der Waals surface area contributed by atoms with Crippen molar-refractivity contribution in [2.75, 3.05) is 0 Å². The van der Waals surface area contributed by atoms with Gasteiger partial charge in [-0.1, -0.05) is 47.5 Å². The van der Waals surface area contributed by atoms with Crippen LogP contribution in [0.15, 0.2) is 40.9 Å². The number of hydrogen-bond acceptors (Lipinski definition) is 1. The highest BCUT2D eigenvalue weighted by molar-refractivity contribution is 9.10. The van der Waals surface area contributed by atoms with Crippen molar-refractivity contribution in [1.82, 2.24) is 0 Å². The summed E-state index contributed by atoms with van der Waals surface area (Å²) in [6, 6.07) is 9.86. The van der Waals surface area contributed by atoms with E-state index in [4.69, 9.17) is 28.9 Å². The van der Waals surface area contributed by atoms with E-state index in [0.717, 1.165) is 11.1 Å². The van der Waals surface area contributed by atoms with Crippen LogP contribution in [0.2, 0.25) is 10.0 Å². The van der Waals surface area contributed by atoms with Gasteiger partial charge in [-0.25, -0.2) is 4.39 Å². The van der Waals surface area contributed by atoms with Crippen molar-refractivity contribution in [3.63, 3.8) is 0 Å². The zero-order valence-corrected chi connectivity index (χ0v) is 12.9. The molecule has 2 aromatic carbocycles. The summed E-state index contributed by atoms with van der Waals surface area (Å²) in [5.74, 6) is -0.304. The fourth-order valence-corrected chi connectivity index (χ4v) is 2.73. The first-order valence-corrected chi connectivity index (χ1v) is 7.18. The van der Waals surface area contributed by atoms with E-state index in [1.54, 1.807) is 18.2 Å². The zero-order chi connectivity index (χ0) is 14.0. The van der Waals surface area contributed by atoms with E-state index in [9.17, 15) is 4.39 Å². The van der Waals surface area contributed by atoms with Crippen LogP contribution < -0.4 is 5.73 Å². The molecule has 19 heavy (non-hydrogen) atoms.